The first-order chi connectivity index (χ1) is 8.65. The van der Waals surface area contributed by atoms with Crippen molar-refractivity contribution in [1.82, 2.24) is 10.2 Å². The average Bonchev–Trinajstić information content (AvgIpc) is 2.71. The molecule has 1 aromatic carbocycles. The Balaban J connectivity index is 2.22. The van der Waals surface area contributed by atoms with Crippen molar-refractivity contribution in [2.45, 2.75) is 6.04 Å². The zero-order valence-corrected chi connectivity index (χ0v) is 11.7. The molecule has 18 heavy (non-hydrogen) atoms. The summed E-state index contributed by atoms with van der Waals surface area (Å²) in [6.07, 6.45) is 0. The van der Waals surface area contributed by atoms with Crippen molar-refractivity contribution in [3.05, 3.63) is 28.2 Å². The molecule has 2 rings (SSSR count). The normalized spacial score (nSPS) is 18.9. The van der Waals surface area contributed by atoms with Gasteiger partial charge in [0, 0.05) is 29.7 Å². The van der Waals surface area contributed by atoms with Crippen LogP contribution in [0.5, 0.6) is 5.75 Å². The molecule has 1 saturated heterocycles. The van der Waals surface area contributed by atoms with Gasteiger partial charge in [-0.15, -0.1) is 0 Å². The van der Waals surface area contributed by atoms with E-state index in [-0.39, 0.29) is 12.1 Å². The maximum atomic E-state index is 11.7. The Bertz CT molecular complexity index is 453. The lowest BCUT2D eigenvalue weighted by Gasteiger charge is -2.15. The van der Waals surface area contributed by atoms with Crippen molar-refractivity contribution in [2.24, 2.45) is 5.73 Å². The van der Waals surface area contributed by atoms with Crippen LogP contribution in [0.4, 0.5) is 4.79 Å². The lowest BCUT2D eigenvalue weighted by Crippen LogP contribution is -2.32. The van der Waals surface area contributed by atoms with Gasteiger partial charge in [0.25, 0.3) is 0 Å². The van der Waals surface area contributed by atoms with Gasteiger partial charge in [0.15, 0.2) is 0 Å². The molecule has 0 saturated carbocycles. The Hall–Kier alpha value is -1.27. The van der Waals surface area contributed by atoms with Crippen molar-refractivity contribution >= 4 is 22.0 Å². The maximum Gasteiger partial charge on any atom is 0.318 e. The molecule has 6 heteroatoms. The van der Waals surface area contributed by atoms with Crippen LogP contribution in [-0.2, 0) is 0 Å². The van der Waals surface area contributed by atoms with Gasteiger partial charge in [-0.25, -0.2) is 4.79 Å². The summed E-state index contributed by atoms with van der Waals surface area (Å²) >= 11 is 3.43. The number of amides is 2. The number of nitrogens with one attached hydrogen (secondary N) is 1. The van der Waals surface area contributed by atoms with Gasteiger partial charge in [0.05, 0.1) is 13.2 Å². The first kappa shape index (κ1) is 13.2. The van der Waals surface area contributed by atoms with Crippen molar-refractivity contribution < 1.29 is 9.53 Å². The van der Waals surface area contributed by atoms with E-state index in [1.54, 1.807) is 12.0 Å². The van der Waals surface area contributed by atoms with Crippen LogP contribution in [0, 0.1) is 0 Å². The van der Waals surface area contributed by atoms with Crippen LogP contribution in [-0.4, -0.2) is 37.7 Å². The largest absolute Gasteiger partial charge is 0.496 e. The summed E-state index contributed by atoms with van der Waals surface area (Å²) in [4.78, 5) is 13.5. The van der Waals surface area contributed by atoms with E-state index < -0.39 is 0 Å². The number of carbonyl (C=O) groups excluding carboxylic acids is 1. The minimum atomic E-state index is -0.0764. The van der Waals surface area contributed by atoms with Crippen molar-refractivity contribution in [3.8, 4) is 5.75 Å². The Morgan fingerprint density at radius 3 is 3.06 bits per heavy atom. The molecule has 1 aromatic rings. The van der Waals surface area contributed by atoms with Gasteiger partial charge >= 0.3 is 6.03 Å². The second-order valence-corrected chi connectivity index (χ2v) is 5.04. The SMILES string of the molecule is COc1ccc(Br)cc1C1CN(CCN)C(=O)N1. The van der Waals surface area contributed by atoms with E-state index >= 15 is 0 Å². The number of benzene rings is 1. The molecule has 1 fully saturated rings. The van der Waals surface area contributed by atoms with Crippen LogP contribution in [0.3, 0.4) is 0 Å². The lowest BCUT2D eigenvalue weighted by atomic mass is 10.1. The Kier molecular flexibility index (Phi) is 4.08. The minimum Gasteiger partial charge on any atom is -0.496 e. The molecule has 1 aliphatic rings. The topological polar surface area (TPSA) is 67.6 Å². The predicted octanol–water partition coefficient (Wildman–Crippen LogP) is 1.48. The number of ether oxygens (including phenoxy) is 1. The molecule has 1 heterocycles. The fourth-order valence-corrected chi connectivity index (χ4v) is 2.47. The molecule has 1 atom stereocenters. The third-order valence-corrected chi connectivity index (χ3v) is 3.45. The van der Waals surface area contributed by atoms with E-state index in [1.165, 1.54) is 0 Å². The molecule has 0 spiro atoms. The molecule has 1 aliphatic heterocycles. The van der Waals surface area contributed by atoms with Crippen LogP contribution in [0.1, 0.15) is 11.6 Å². The number of nitrogens with zero attached hydrogens (tertiary/aromatic N) is 1. The van der Waals surface area contributed by atoms with Gasteiger partial charge in [0.1, 0.15) is 5.75 Å². The van der Waals surface area contributed by atoms with E-state index in [0.29, 0.717) is 19.6 Å². The highest BCUT2D eigenvalue weighted by atomic mass is 79.9. The predicted molar refractivity (Wildman–Crippen MR) is 72.6 cm³/mol. The maximum absolute atomic E-state index is 11.7. The number of urea groups is 1. The molecule has 0 bridgehead atoms. The van der Waals surface area contributed by atoms with Gasteiger partial charge < -0.3 is 20.7 Å². The number of hydrogen-bond donors (Lipinski definition) is 2. The first-order valence-electron chi connectivity index (χ1n) is 5.74. The summed E-state index contributed by atoms with van der Waals surface area (Å²) in [5.41, 5.74) is 6.45. The van der Waals surface area contributed by atoms with Crippen molar-refractivity contribution in [1.29, 1.82) is 0 Å². The fourth-order valence-electron chi connectivity index (χ4n) is 2.09. The number of halogens is 1. The van der Waals surface area contributed by atoms with E-state index in [0.717, 1.165) is 15.8 Å². The van der Waals surface area contributed by atoms with Crippen LogP contribution >= 0.6 is 15.9 Å². The van der Waals surface area contributed by atoms with E-state index in [1.807, 2.05) is 18.2 Å². The highest BCUT2D eigenvalue weighted by Gasteiger charge is 2.30. The second kappa shape index (κ2) is 5.58. The quantitative estimate of drug-likeness (QED) is 0.885. The molecular weight excluding hydrogens is 298 g/mol. The number of rotatable bonds is 4. The van der Waals surface area contributed by atoms with Gasteiger partial charge in [-0.2, -0.15) is 0 Å². The second-order valence-electron chi connectivity index (χ2n) is 4.12. The molecule has 0 radical (unpaired) electrons. The summed E-state index contributed by atoms with van der Waals surface area (Å²) in [5, 5.41) is 2.94. The summed E-state index contributed by atoms with van der Waals surface area (Å²) in [5.74, 6) is 0.776. The summed E-state index contributed by atoms with van der Waals surface area (Å²) in [6, 6.07) is 5.63. The van der Waals surface area contributed by atoms with Crippen molar-refractivity contribution in [3.63, 3.8) is 0 Å². The molecule has 98 valence electrons. The molecule has 3 N–H and O–H groups in total. The van der Waals surface area contributed by atoms with Crippen LogP contribution in [0.25, 0.3) is 0 Å². The summed E-state index contributed by atoms with van der Waals surface area (Å²) in [6.45, 7) is 1.65. The highest BCUT2D eigenvalue weighted by molar-refractivity contribution is 9.10. The van der Waals surface area contributed by atoms with E-state index in [2.05, 4.69) is 21.2 Å². The minimum absolute atomic E-state index is 0.0588. The first-order valence-corrected chi connectivity index (χ1v) is 6.54. The number of hydrogen-bond acceptors (Lipinski definition) is 3. The molecule has 1 unspecified atom stereocenters. The van der Waals surface area contributed by atoms with Gasteiger partial charge in [-0.05, 0) is 18.2 Å². The average molecular weight is 314 g/mol. The fraction of sp³-hybridized carbons (Fsp3) is 0.417. The molecule has 2 amide bonds. The third-order valence-electron chi connectivity index (χ3n) is 2.95. The molecular formula is C12H16BrN3O2. The number of nitrogens with two attached hydrogens (primary N) is 1. The zero-order chi connectivity index (χ0) is 13.1. The summed E-state index contributed by atoms with van der Waals surface area (Å²) < 4.78 is 6.29. The van der Waals surface area contributed by atoms with Gasteiger partial charge in [-0.3, -0.25) is 0 Å². The molecule has 0 aliphatic carbocycles. The smallest absolute Gasteiger partial charge is 0.318 e. The third kappa shape index (κ3) is 2.59. The monoisotopic (exact) mass is 313 g/mol. The molecule has 5 nitrogen and oxygen atoms in total. The zero-order valence-electron chi connectivity index (χ0n) is 10.1. The van der Waals surface area contributed by atoms with E-state index in [9.17, 15) is 4.79 Å². The number of carbonyl (C=O) groups is 1. The van der Waals surface area contributed by atoms with Crippen LogP contribution in [0.2, 0.25) is 0 Å². The van der Waals surface area contributed by atoms with Crippen LogP contribution < -0.4 is 15.8 Å². The van der Waals surface area contributed by atoms with Gasteiger partial charge in [0.2, 0.25) is 0 Å². The standard InChI is InChI=1S/C12H16BrN3O2/c1-18-11-3-2-8(13)6-9(11)10-7-16(5-4-14)12(17)15-10/h2-3,6,10H,4-5,7,14H2,1H3,(H,15,17). The Labute approximate surface area is 114 Å². The highest BCUT2D eigenvalue weighted by Crippen LogP contribution is 2.31. The summed E-state index contributed by atoms with van der Waals surface area (Å²) in [7, 11) is 1.63. The Morgan fingerprint density at radius 1 is 1.61 bits per heavy atom. The Morgan fingerprint density at radius 2 is 2.39 bits per heavy atom. The van der Waals surface area contributed by atoms with E-state index in [4.69, 9.17) is 10.5 Å². The number of methoxy groups -OCH3 is 1. The molecule has 0 aromatic heterocycles. The lowest BCUT2D eigenvalue weighted by molar-refractivity contribution is 0.218. The van der Waals surface area contributed by atoms with Crippen molar-refractivity contribution in [2.75, 3.05) is 26.7 Å². The van der Waals surface area contributed by atoms with Gasteiger partial charge in [-0.1, -0.05) is 15.9 Å². The van der Waals surface area contributed by atoms with Crippen LogP contribution in [0.15, 0.2) is 22.7 Å².